The highest BCUT2D eigenvalue weighted by molar-refractivity contribution is 6.02. The molecule has 0 unspecified atom stereocenters. The maximum absolute atomic E-state index is 12.0. The second-order valence-electron chi connectivity index (χ2n) is 5.65. The van der Waals surface area contributed by atoms with Crippen molar-refractivity contribution < 1.29 is 44.5 Å². The minimum absolute atomic E-state index is 0.0220. The number of esters is 1. The summed E-state index contributed by atoms with van der Waals surface area (Å²) in [6.07, 6.45) is 0.314. The monoisotopic (exact) mass is 392 g/mol. The molecule has 0 heterocycles. The molecule has 0 saturated carbocycles. The van der Waals surface area contributed by atoms with Crippen LogP contribution in [0.4, 0.5) is 0 Å². The standard InChI is InChI=1S/C19H20O9/c20-15-6-7-16(18(21)22)17(10-15)19(23)25-8-3-9-27-28-12-14-5-2-1-4-13(14)11-26-24/h1-2,4-7,10,20,24H,3,8-9,11-12H2,(H,21,22). The number of carboxylic acid groups (broad SMARTS) is 1. The van der Waals surface area contributed by atoms with Crippen molar-refractivity contribution in [3.8, 4) is 5.75 Å². The van der Waals surface area contributed by atoms with Crippen LogP contribution >= 0.6 is 0 Å². The molecule has 0 aliphatic heterocycles. The highest BCUT2D eigenvalue weighted by Crippen LogP contribution is 2.18. The van der Waals surface area contributed by atoms with E-state index in [1.54, 1.807) is 18.2 Å². The van der Waals surface area contributed by atoms with E-state index in [1.165, 1.54) is 6.07 Å². The van der Waals surface area contributed by atoms with E-state index in [0.29, 0.717) is 6.42 Å². The predicted molar refractivity (Wildman–Crippen MR) is 94.6 cm³/mol. The molecule has 0 saturated heterocycles. The van der Waals surface area contributed by atoms with E-state index in [1.807, 2.05) is 6.07 Å². The SMILES string of the molecule is O=C(O)c1ccc(O)cc1C(=O)OCCCOOCc1ccccc1COO. The molecule has 2 aromatic carbocycles. The number of aromatic carboxylic acids is 1. The third-order valence-corrected chi connectivity index (χ3v) is 3.69. The fourth-order valence-corrected chi connectivity index (χ4v) is 2.32. The van der Waals surface area contributed by atoms with Crippen molar-refractivity contribution in [3.63, 3.8) is 0 Å². The molecule has 28 heavy (non-hydrogen) atoms. The summed E-state index contributed by atoms with van der Waals surface area (Å²) in [5, 5.41) is 27.0. The van der Waals surface area contributed by atoms with Gasteiger partial charge in [-0.25, -0.2) is 24.3 Å². The Balaban J connectivity index is 1.71. The molecule has 2 aromatic rings. The lowest BCUT2D eigenvalue weighted by Gasteiger charge is -2.09. The lowest BCUT2D eigenvalue weighted by Crippen LogP contribution is -2.13. The molecule has 0 amide bonds. The normalized spacial score (nSPS) is 10.6. The topological polar surface area (TPSA) is 132 Å². The van der Waals surface area contributed by atoms with E-state index < -0.39 is 11.9 Å². The number of hydrogen-bond donors (Lipinski definition) is 3. The smallest absolute Gasteiger partial charge is 0.339 e. The van der Waals surface area contributed by atoms with Crippen LogP contribution in [0.15, 0.2) is 42.5 Å². The third kappa shape index (κ3) is 6.32. The summed E-state index contributed by atoms with van der Waals surface area (Å²) in [5.74, 6) is -2.39. The van der Waals surface area contributed by atoms with Gasteiger partial charge >= 0.3 is 11.9 Å². The Hall–Kier alpha value is -2.98. The third-order valence-electron chi connectivity index (χ3n) is 3.69. The number of carbonyl (C=O) groups is 2. The first-order chi connectivity index (χ1) is 13.5. The van der Waals surface area contributed by atoms with E-state index >= 15 is 0 Å². The predicted octanol–water partition coefficient (Wildman–Crippen LogP) is 2.78. The van der Waals surface area contributed by atoms with E-state index in [2.05, 4.69) is 4.89 Å². The molecular weight excluding hydrogens is 372 g/mol. The highest BCUT2D eigenvalue weighted by Gasteiger charge is 2.18. The summed E-state index contributed by atoms with van der Waals surface area (Å²) >= 11 is 0. The van der Waals surface area contributed by atoms with Crippen LogP contribution in [-0.2, 0) is 32.6 Å². The minimum Gasteiger partial charge on any atom is -0.508 e. The van der Waals surface area contributed by atoms with Crippen LogP contribution in [0.25, 0.3) is 0 Å². The van der Waals surface area contributed by atoms with Gasteiger partial charge in [-0.2, -0.15) is 0 Å². The van der Waals surface area contributed by atoms with E-state index in [4.69, 9.17) is 24.9 Å². The van der Waals surface area contributed by atoms with E-state index in [-0.39, 0.29) is 43.3 Å². The van der Waals surface area contributed by atoms with Crippen molar-refractivity contribution in [1.82, 2.24) is 0 Å². The summed E-state index contributed by atoms with van der Waals surface area (Å²) in [7, 11) is 0. The van der Waals surface area contributed by atoms with Gasteiger partial charge in [-0.15, -0.1) is 0 Å². The fraction of sp³-hybridized carbons (Fsp3) is 0.263. The molecule has 9 nitrogen and oxygen atoms in total. The van der Waals surface area contributed by atoms with Crippen LogP contribution in [0.5, 0.6) is 5.75 Å². The molecule has 0 bridgehead atoms. The average Bonchev–Trinajstić information content (AvgIpc) is 2.68. The Bertz CT molecular complexity index is 804. The molecule has 2 rings (SSSR count). The molecule has 3 N–H and O–H groups in total. The molecule has 0 atom stereocenters. The molecule has 0 spiro atoms. The van der Waals surface area contributed by atoms with Gasteiger partial charge in [0, 0.05) is 6.42 Å². The molecule has 0 aliphatic carbocycles. The Morgan fingerprint density at radius 2 is 1.61 bits per heavy atom. The van der Waals surface area contributed by atoms with Crippen LogP contribution in [0.1, 0.15) is 38.3 Å². The summed E-state index contributed by atoms with van der Waals surface area (Å²) in [4.78, 5) is 37.3. The van der Waals surface area contributed by atoms with Gasteiger partial charge in [0.05, 0.1) is 24.3 Å². The molecular formula is C19H20O9. The number of phenolic OH excluding ortho intramolecular Hbond substituents is 1. The minimum atomic E-state index is -1.30. The first-order valence-electron chi connectivity index (χ1n) is 8.34. The van der Waals surface area contributed by atoms with Crippen molar-refractivity contribution >= 4 is 11.9 Å². The van der Waals surface area contributed by atoms with Crippen LogP contribution in [0, 0.1) is 0 Å². The Morgan fingerprint density at radius 3 is 2.29 bits per heavy atom. The quantitative estimate of drug-likeness (QED) is 0.228. The zero-order chi connectivity index (χ0) is 20.4. The maximum atomic E-state index is 12.0. The molecule has 0 fully saturated rings. The molecule has 0 radical (unpaired) electrons. The molecule has 9 heteroatoms. The number of carbonyl (C=O) groups excluding carboxylic acids is 1. The Labute approximate surface area is 160 Å². The van der Waals surface area contributed by atoms with Crippen molar-refractivity contribution in [1.29, 1.82) is 0 Å². The first-order valence-corrected chi connectivity index (χ1v) is 8.34. The van der Waals surface area contributed by atoms with Gasteiger partial charge in [-0.1, -0.05) is 24.3 Å². The zero-order valence-corrected chi connectivity index (χ0v) is 14.9. The largest absolute Gasteiger partial charge is 0.508 e. The number of hydrogen-bond acceptors (Lipinski definition) is 8. The number of rotatable bonds is 11. The second kappa shape index (κ2) is 11.0. The molecule has 0 aliphatic rings. The van der Waals surface area contributed by atoms with Crippen LogP contribution in [0.2, 0.25) is 0 Å². The van der Waals surface area contributed by atoms with Crippen LogP contribution < -0.4 is 0 Å². The average molecular weight is 392 g/mol. The molecule has 150 valence electrons. The number of aromatic hydroxyl groups is 1. The highest BCUT2D eigenvalue weighted by atomic mass is 17.2. The van der Waals surface area contributed by atoms with E-state index in [9.17, 15) is 14.7 Å². The summed E-state index contributed by atoms with van der Waals surface area (Å²) in [6, 6.07) is 10.5. The summed E-state index contributed by atoms with van der Waals surface area (Å²) in [6.45, 7) is 0.289. The lowest BCUT2D eigenvalue weighted by atomic mass is 10.1. The van der Waals surface area contributed by atoms with Gasteiger partial charge in [0.1, 0.15) is 19.0 Å². The zero-order valence-electron chi connectivity index (χ0n) is 14.9. The first kappa shape index (κ1) is 21.3. The number of benzene rings is 2. The number of ether oxygens (including phenoxy) is 1. The van der Waals surface area contributed by atoms with Gasteiger partial charge in [-0.05, 0) is 29.3 Å². The van der Waals surface area contributed by atoms with Crippen LogP contribution in [-0.4, -0.2) is 40.6 Å². The summed E-state index contributed by atoms with van der Waals surface area (Å²) in [5.41, 5.74) is 1.05. The van der Waals surface area contributed by atoms with E-state index in [0.717, 1.165) is 23.3 Å². The molecule has 0 aromatic heterocycles. The lowest BCUT2D eigenvalue weighted by molar-refractivity contribution is -0.305. The van der Waals surface area contributed by atoms with Crippen molar-refractivity contribution in [2.45, 2.75) is 19.6 Å². The van der Waals surface area contributed by atoms with Gasteiger partial charge in [0.2, 0.25) is 0 Å². The van der Waals surface area contributed by atoms with Gasteiger partial charge < -0.3 is 14.9 Å². The summed E-state index contributed by atoms with van der Waals surface area (Å²) < 4.78 is 5.00. The fourth-order valence-electron chi connectivity index (χ4n) is 2.32. The van der Waals surface area contributed by atoms with Gasteiger partial charge in [0.25, 0.3) is 0 Å². The number of phenols is 1. The second-order valence-corrected chi connectivity index (χ2v) is 5.65. The Morgan fingerprint density at radius 1 is 0.893 bits per heavy atom. The van der Waals surface area contributed by atoms with Gasteiger partial charge in [0.15, 0.2) is 0 Å². The maximum Gasteiger partial charge on any atom is 0.339 e. The van der Waals surface area contributed by atoms with Crippen molar-refractivity contribution in [2.75, 3.05) is 13.2 Å². The van der Waals surface area contributed by atoms with Crippen molar-refractivity contribution in [3.05, 3.63) is 64.7 Å². The number of carboxylic acids is 1. The van der Waals surface area contributed by atoms with Crippen molar-refractivity contribution in [2.24, 2.45) is 0 Å². The van der Waals surface area contributed by atoms with Crippen LogP contribution in [0.3, 0.4) is 0 Å². The Kier molecular flexibility index (Phi) is 8.37. The van der Waals surface area contributed by atoms with Gasteiger partial charge in [-0.3, -0.25) is 5.26 Å².